The van der Waals surface area contributed by atoms with Gasteiger partial charge >= 0.3 is 0 Å². The van der Waals surface area contributed by atoms with Crippen LogP contribution in [0.4, 0.5) is 0 Å². The molecule has 0 saturated heterocycles. The number of fused-ring (bicyclic) bond motifs is 1. The summed E-state index contributed by atoms with van der Waals surface area (Å²) in [4.78, 5) is 34.4. The number of aryl methyl sites for hydroxylation is 2. The van der Waals surface area contributed by atoms with Crippen molar-refractivity contribution in [1.29, 1.82) is 0 Å². The van der Waals surface area contributed by atoms with Crippen LogP contribution < -0.4 is 5.32 Å². The van der Waals surface area contributed by atoms with Crippen LogP contribution in [0.25, 0.3) is 11.0 Å². The van der Waals surface area contributed by atoms with Gasteiger partial charge in [0.25, 0.3) is 0 Å². The molecule has 3 aromatic rings. The van der Waals surface area contributed by atoms with E-state index in [-0.39, 0.29) is 24.4 Å². The van der Waals surface area contributed by atoms with Gasteiger partial charge in [0.15, 0.2) is 0 Å². The predicted molar refractivity (Wildman–Crippen MR) is 149 cm³/mol. The standard InChI is InChI=1S/C31H38N4O2/c1-5-13-22(2)20-35(29(36)21-34-24(4)32-27-18-11-12-19-28(27)34)30(26-17-10-9-14-23(26)3)31(37)33-25-15-7-6-8-16-25/h5,9-14,17-19,25,30H,1,6-8,15-16,20-21H2,2-4H3,(H,33,37). The molecule has 1 saturated carbocycles. The maximum Gasteiger partial charge on any atom is 0.247 e. The summed E-state index contributed by atoms with van der Waals surface area (Å²) in [5.41, 5.74) is 4.56. The summed E-state index contributed by atoms with van der Waals surface area (Å²) < 4.78 is 1.94. The molecule has 37 heavy (non-hydrogen) atoms. The molecule has 1 aliphatic rings. The van der Waals surface area contributed by atoms with Crippen molar-refractivity contribution in [2.45, 2.75) is 71.5 Å². The zero-order valence-corrected chi connectivity index (χ0v) is 22.2. The molecule has 0 bridgehead atoms. The Labute approximate surface area is 220 Å². The van der Waals surface area contributed by atoms with Crippen molar-refractivity contribution in [2.75, 3.05) is 6.54 Å². The number of carbonyl (C=O) groups excluding carboxylic acids is 2. The Hall–Kier alpha value is -3.67. The number of benzene rings is 2. The lowest BCUT2D eigenvalue weighted by Crippen LogP contribution is -2.48. The second-order valence-corrected chi connectivity index (χ2v) is 10.1. The molecule has 1 N–H and O–H groups in total. The summed E-state index contributed by atoms with van der Waals surface area (Å²) in [6.07, 6.45) is 9.03. The highest BCUT2D eigenvalue weighted by Gasteiger charge is 2.34. The maximum absolute atomic E-state index is 14.1. The highest BCUT2D eigenvalue weighted by molar-refractivity contribution is 5.90. The van der Waals surface area contributed by atoms with Crippen LogP contribution in [0.3, 0.4) is 0 Å². The molecule has 1 aliphatic carbocycles. The van der Waals surface area contributed by atoms with Crippen LogP contribution >= 0.6 is 0 Å². The molecule has 1 aromatic heterocycles. The van der Waals surface area contributed by atoms with Gasteiger partial charge in [-0.05, 0) is 56.9 Å². The summed E-state index contributed by atoms with van der Waals surface area (Å²) in [6.45, 7) is 10.1. The zero-order chi connectivity index (χ0) is 26.4. The van der Waals surface area contributed by atoms with Crippen molar-refractivity contribution in [3.8, 4) is 0 Å². The molecule has 1 fully saturated rings. The van der Waals surface area contributed by atoms with Crippen LogP contribution in [0.1, 0.15) is 62.0 Å². The first kappa shape index (κ1) is 26.4. The largest absolute Gasteiger partial charge is 0.351 e. The Morgan fingerprint density at radius 1 is 1.11 bits per heavy atom. The molecule has 0 aliphatic heterocycles. The number of nitrogens with zero attached hydrogens (tertiary/aromatic N) is 3. The summed E-state index contributed by atoms with van der Waals surface area (Å²) in [5.74, 6) is 0.523. The van der Waals surface area contributed by atoms with E-state index in [1.54, 1.807) is 11.0 Å². The first-order valence-electron chi connectivity index (χ1n) is 13.2. The molecular formula is C31H38N4O2. The second-order valence-electron chi connectivity index (χ2n) is 10.1. The third-order valence-electron chi connectivity index (χ3n) is 7.28. The predicted octanol–water partition coefficient (Wildman–Crippen LogP) is 5.80. The number of rotatable bonds is 9. The van der Waals surface area contributed by atoms with Crippen LogP contribution in [-0.4, -0.2) is 38.9 Å². The minimum atomic E-state index is -0.737. The summed E-state index contributed by atoms with van der Waals surface area (Å²) >= 11 is 0. The summed E-state index contributed by atoms with van der Waals surface area (Å²) in [5, 5.41) is 3.29. The first-order valence-corrected chi connectivity index (χ1v) is 13.2. The van der Waals surface area contributed by atoms with Crippen LogP contribution in [0.2, 0.25) is 0 Å². The van der Waals surface area contributed by atoms with Gasteiger partial charge in [-0.25, -0.2) is 4.98 Å². The Balaban J connectivity index is 1.74. The molecule has 1 atom stereocenters. The van der Waals surface area contributed by atoms with E-state index in [0.717, 1.165) is 59.2 Å². The smallest absolute Gasteiger partial charge is 0.247 e. The van der Waals surface area contributed by atoms with Crippen molar-refractivity contribution < 1.29 is 9.59 Å². The minimum Gasteiger partial charge on any atom is -0.351 e. The SMILES string of the molecule is C=CC=C(C)CN(C(=O)Cn1c(C)nc2ccccc21)C(C(=O)NC1CCCCC1)c1ccccc1C. The van der Waals surface area contributed by atoms with E-state index >= 15 is 0 Å². The number of amides is 2. The van der Waals surface area contributed by atoms with Crippen LogP contribution in [0.15, 0.2) is 72.8 Å². The Morgan fingerprint density at radius 3 is 2.54 bits per heavy atom. The Bertz CT molecular complexity index is 1300. The van der Waals surface area contributed by atoms with Crippen molar-refractivity contribution >= 4 is 22.8 Å². The molecule has 6 heteroatoms. The van der Waals surface area contributed by atoms with Crippen molar-refractivity contribution in [1.82, 2.24) is 19.8 Å². The third-order valence-corrected chi connectivity index (χ3v) is 7.28. The van der Waals surface area contributed by atoms with Crippen LogP contribution in [-0.2, 0) is 16.1 Å². The molecule has 2 aromatic carbocycles. The Morgan fingerprint density at radius 2 is 1.81 bits per heavy atom. The molecule has 0 radical (unpaired) electrons. The number of aromatic nitrogens is 2. The first-order chi connectivity index (χ1) is 17.9. The van der Waals surface area contributed by atoms with E-state index < -0.39 is 6.04 Å². The monoisotopic (exact) mass is 498 g/mol. The quantitative estimate of drug-likeness (QED) is 0.379. The number of para-hydroxylation sites is 2. The van der Waals surface area contributed by atoms with E-state index in [0.29, 0.717) is 6.54 Å². The van der Waals surface area contributed by atoms with Gasteiger partial charge in [0.2, 0.25) is 11.8 Å². The van der Waals surface area contributed by atoms with E-state index in [1.807, 2.05) is 79.9 Å². The van der Waals surface area contributed by atoms with Crippen molar-refractivity contribution in [2.24, 2.45) is 0 Å². The fraction of sp³-hybridized carbons (Fsp3) is 0.387. The molecule has 1 unspecified atom stereocenters. The zero-order valence-electron chi connectivity index (χ0n) is 22.2. The normalized spacial score (nSPS) is 15.4. The van der Waals surface area contributed by atoms with Crippen molar-refractivity contribution in [3.63, 3.8) is 0 Å². The van der Waals surface area contributed by atoms with Gasteiger partial charge in [0.1, 0.15) is 18.4 Å². The van der Waals surface area contributed by atoms with Gasteiger partial charge < -0.3 is 14.8 Å². The van der Waals surface area contributed by atoms with Gasteiger partial charge in [-0.2, -0.15) is 0 Å². The van der Waals surface area contributed by atoms with Gasteiger partial charge in [0, 0.05) is 12.6 Å². The third kappa shape index (κ3) is 6.19. The Kier molecular flexibility index (Phi) is 8.59. The number of imidazole rings is 1. The number of hydrogen-bond acceptors (Lipinski definition) is 3. The number of nitrogens with one attached hydrogen (secondary N) is 1. The number of carbonyl (C=O) groups is 2. The number of hydrogen-bond donors (Lipinski definition) is 1. The molecule has 1 heterocycles. The van der Waals surface area contributed by atoms with Gasteiger partial charge in [0.05, 0.1) is 11.0 Å². The maximum atomic E-state index is 14.1. The molecule has 0 spiro atoms. The highest BCUT2D eigenvalue weighted by Crippen LogP contribution is 2.28. The van der Waals surface area contributed by atoms with Gasteiger partial charge in [-0.3, -0.25) is 9.59 Å². The number of allylic oxidation sites excluding steroid dienone is 2. The second kappa shape index (κ2) is 12.0. The average Bonchev–Trinajstić information content (AvgIpc) is 3.20. The van der Waals surface area contributed by atoms with Gasteiger partial charge in [-0.1, -0.05) is 80.0 Å². The minimum absolute atomic E-state index is 0.104. The van der Waals surface area contributed by atoms with Crippen molar-refractivity contribution in [3.05, 3.63) is 89.8 Å². The summed E-state index contributed by atoms with van der Waals surface area (Å²) in [7, 11) is 0. The van der Waals surface area contributed by atoms with E-state index in [9.17, 15) is 9.59 Å². The van der Waals surface area contributed by atoms with Crippen LogP contribution in [0.5, 0.6) is 0 Å². The lowest BCUT2D eigenvalue weighted by molar-refractivity contribution is -0.141. The fourth-order valence-corrected chi connectivity index (χ4v) is 5.34. The fourth-order valence-electron chi connectivity index (χ4n) is 5.34. The van der Waals surface area contributed by atoms with E-state index in [1.165, 1.54) is 6.42 Å². The molecule has 2 amide bonds. The molecule has 194 valence electrons. The lowest BCUT2D eigenvalue weighted by atomic mass is 9.93. The van der Waals surface area contributed by atoms with E-state index in [4.69, 9.17) is 0 Å². The van der Waals surface area contributed by atoms with E-state index in [2.05, 4.69) is 16.9 Å². The molecular weight excluding hydrogens is 460 g/mol. The van der Waals surface area contributed by atoms with Crippen LogP contribution in [0, 0.1) is 13.8 Å². The average molecular weight is 499 g/mol. The topological polar surface area (TPSA) is 67.2 Å². The summed E-state index contributed by atoms with van der Waals surface area (Å²) in [6, 6.07) is 15.1. The highest BCUT2D eigenvalue weighted by atomic mass is 16.2. The molecule has 4 rings (SSSR count). The lowest BCUT2D eigenvalue weighted by Gasteiger charge is -2.34. The van der Waals surface area contributed by atoms with Gasteiger partial charge in [-0.15, -0.1) is 0 Å². The molecule has 6 nitrogen and oxygen atoms in total.